The number of benzene rings is 3. The third-order valence-corrected chi connectivity index (χ3v) is 7.01. The summed E-state index contributed by atoms with van der Waals surface area (Å²) < 4.78 is 53.5. The van der Waals surface area contributed by atoms with E-state index in [0.29, 0.717) is 27.0 Å². The minimum absolute atomic E-state index is 0.113. The number of halogens is 4. The van der Waals surface area contributed by atoms with E-state index in [1.807, 2.05) is 30.3 Å². The molecule has 0 bridgehead atoms. The van der Waals surface area contributed by atoms with Gasteiger partial charge in [-0.05, 0) is 66.0 Å². The van der Waals surface area contributed by atoms with Crippen LogP contribution in [0, 0.1) is 6.92 Å². The SMILES string of the molecule is Cc1nsc(NC(=O)/C(=C\NCC(=O)OCc2ccccc2)c2ccc(Oc3ccc(C(F)(F)F)cc3)cc2)c1Cl. The van der Waals surface area contributed by atoms with Gasteiger partial charge in [0.1, 0.15) is 29.7 Å². The van der Waals surface area contributed by atoms with Crippen molar-refractivity contribution < 1.29 is 32.2 Å². The number of aromatic nitrogens is 1. The number of rotatable bonds is 10. The van der Waals surface area contributed by atoms with Crippen molar-refractivity contribution in [1.82, 2.24) is 9.69 Å². The molecule has 4 aromatic rings. The number of carbonyl (C=O) groups excluding carboxylic acids is 2. The molecule has 4 rings (SSSR count). The molecule has 0 radical (unpaired) electrons. The zero-order valence-electron chi connectivity index (χ0n) is 21.5. The highest BCUT2D eigenvalue weighted by molar-refractivity contribution is 7.11. The van der Waals surface area contributed by atoms with Gasteiger partial charge in [-0.15, -0.1) is 0 Å². The lowest BCUT2D eigenvalue weighted by molar-refractivity contribution is -0.143. The lowest BCUT2D eigenvalue weighted by atomic mass is 10.1. The minimum Gasteiger partial charge on any atom is -0.460 e. The number of anilines is 1. The number of esters is 1. The number of carbonyl (C=O) groups is 2. The van der Waals surface area contributed by atoms with Crippen LogP contribution in [0.15, 0.2) is 85.1 Å². The summed E-state index contributed by atoms with van der Waals surface area (Å²) in [5.41, 5.74) is 1.26. The van der Waals surface area contributed by atoms with Gasteiger partial charge in [-0.25, -0.2) is 0 Å². The average Bonchev–Trinajstić information content (AvgIpc) is 3.27. The van der Waals surface area contributed by atoms with Crippen LogP contribution in [0.2, 0.25) is 5.02 Å². The van der Waals surface area contributed by atoms with Crippen LogP contribution in [0.3, 0.4) is 0 Å². The van der Waals surface area contributed by atoms with Crippen molar-refractivity contribution in [1.29, 1.82) is 0 Å². The Kier molecular flexibility index (Phi) is 9.64. The maximum atomic E-state index is 13.2. The number of amides is 1. The van der Waals surface area contributed by atoms with E-state index < -0.39 is 23.6 Å². The summed E-state index contributed by atoms with van der Waals surface area (Å²) in [6.45, 7) is 1.63. The van der Waals surface area contributed by atoms with Gasteiger partial charge in [0, 0.05) is 6.20 Å². The Bertz CT molecular complexity index is 1520. The Balaban J connectivity index is 1.46. The van der Waals surface area contributed by atoms with Crippen LogP contribution >= 0.6 is 23.1 Å². The largest absolute Gasteiger partial charge is 0.460 e. The molecule has 0 fully saturated rings. The first-order valence-electron chi connectivity index (χ1n) is 12.1. The van der Waals surface area contributed by atoms with Gasteiger partial charge in [-0.2, -0.15) is 17.5 Å². The van der Waals surface area contributed by atoms with E-state index in [1.165, 1.54) is 18.3 Å². The highest BCUT2D eigenvalue weighted by atomic mass is 35.5. The molecule has 1 aromatic heterocycles. The van der Waals surface area contributed by atoms with Gasteiger partial charge in [0.2, 0.25) is 0 Å². The van der Waals surface area contributed by atoms with E-state index in [9.17, 15) is 22.8 Å². The van der Waals surface area contributed by atoms with E-state index in [1.54, 1.807) is 31.2 Å². The van der Waals surface area contributed by atoms with Crippen molar-refractivity contribution in [2.24, 2.45) is 0 Å². The third-order valence-electron chi connectivity index (χ3n) is 5.58. The number of alkyl halides is 3. The lowest BCUT2D eigenvalue weighted by Crippen LogP contribution is -2.22. The van der Waals surface area contributed by atoms with Crippen LogP contribution in [0.1, 0.15) is 22.4 Å². The highest BCUT2D eigenvalue weighted by Gasteiger charge is 2.30. The quantitative estimate of drug-likeness (QED) is 0.147. The molecule has 0 atom stereocenters. The fourth-order valence-corrected chi connectivity index (χ4v) is 4.39. The first kappa shape index (κ1) is 29.6. The molecule has 1 heterocycles. The second-order valence-corrected chi connectivity index (χ2v) is 9.75. The Morgan fingerprint density at radius 1 is 0.976 bits per heavy atom. The first-order chi connectivity index (χ1) is 19.6. The van der Waals surface area contributed by atoms with E-state index in [-0.39, 0.29) is 24.5 Å². The summed E-state index contributed by atoms with van der Waals surface area (Å²) in [6, 6.07) is 19.8. The van der Waals surface area contributed by atoms with Crippen LogP contribution in [-0.4, -0.2) is 22.8 Å². The Morgan fingerprint density at radius 2 is 1.61 bits per heavy atom. The molecule has 0 aliphatic carbocycles. The zero-order chi connectivity index (χ0) is 29.4. The molecule has 0 aliphatic rings. The smallest absolute Gasteiger partial charge is 0.416 e. The number of aryl methyl sites for hydroxylation is 1. The predicted molar refractivity (Wildman–Crippen MR) is 151 cm³/mol. The standard InChI is InChI=1S/C29H23ClF3N3O4S/c1-18-26(30)28(41-36-18)35-27(38)24(15-34-16-25(37)39-17-19-5-3-2-4-6-19)20-7-11-22(12-8-20)40-23-13-9-21(10-14-23)29(31,32)33/h2-15,34H,16-17H2,1H3,(H,35,38)/b24-15-. The van der Waals surface area contributed by atoms with Gasteiger partial charge in [-0.3, -0.25) is 9.59 Å². The first-order valence-corrected chi connectivity index (χ1v) is 13.3. The lowest BCUT2D eigenvalue weighted by Gasteiger charge is -2.12. The van der Waals surface area contributed by atoms with E-state index in [2.05, 4.69) is 15.0 Å². The van der Waals surface area contributed by atoms with Crippen LogP contribution in [0.5, 0.6) is 11.5 Å². The molecular formula is C29H23ClF3N3O4S. The summed E-state index contributed by atoms with van der Waals surface area (Å²) in [5.74, 6) is -0.486. The molecule has 0 aliphatic heterocycles. The highest BCUT2D eigenvalue weighted by Crippen LogP contribution is 2.33. The molecule has 12 heteroatoms. The monoisotopic (exact) mass is 601 g/mol. The molecule has 7 nitrogen and oxygen atoms in total. The van der Waals surface area contributed by atoms with Crippen molar-refractivity contribution >= 4 is 45.6 Å². The summed E-state index contributed by atoms with van der Waals surface area (Å²) in [4.78, 5) is 25.4. The number of hydrogen-bond donors (Lipinski definition) is 2. The number of hydrogen-bond acceptors (Lipinski definition) is 7. The van der Waals surface area contributed by atoms with Crippen molar-refractivity contribution in [2.45, 2.75) is 19.7 Å². The van der Waals surface area contributed by atoms with Crippen LogP contribution in [0.4, 0.5) is 18.2 Å². The number of nitrogens with one attached hydrogen (secondary N) is 2. The molecule has 0 unspecified atom stereocenters. The van der Waals surface area contributed by atoms with Gasteiger partial charge in [0.05, 0.1) is 21.9 Å². The van der Waals surface area contributed by atoms with E-state index in [4.69, 9.17) is 21.1 Å². The Labute approximate surface area is 242 Å². The van der Waals surface area contributed by atoms with E-state index in [0.717, 1.165) is 29.2 Å². The maximum Gasteiger partial charge on any atom is 0.416 e. The fourth-order valence-electron chi connectivity index (χ4n) is 3.46. The molecule has 1 amide bonds. The molecule has 0 saturated carbocycles. The topological polar surface area (TPSA) is 89.6 Å². The number of nitrogens with zero attached hydrogens (tertiary/aromatic N) is 1. The van der Waals surface area contributed by atoms with Gasteiger partial charge in [0.25, 0.3) is 5.91 Å². The Hall–Kier alpha value is -4.35. The van der Waals surface area contributed by atoms with Crippen molar-refractivity contribution in [3.8, 4) is 11.5 Å². The van der Waals surface area contributed by atoms with Crippen molar-refractivity contribution in [3.63, 3.8) is 0 Å². The molecule has 0 spiro atoms. The third kappa shape index (κ3) is 8.32. The minimum atomic E-state index is -4.45. The molecule has 2 N–H and O–H groups in total. The maximum absolute atomic E-state index is 13.2. The summed E-state index contributed by atoms with van der Waals surface area (Å²) >= 11 is 7.26. The van der Waals surface area contributed by atoms with Crippen LogP contribution in [0.25, 0.3) is 5.57 Å². The van der Waals surface area contributed by atoms with Crippen LogP contribution in [-0.2, 0) is 27.1 Å². The summed E-state index contributed by atoms with van der Waals surface area (Å²) in [6.07, 6.45) is -3.06. The average molecular weight is 602 g/mol. The molecule has 3 aromatic carbocycles. The summed E-state index contributed by atoms with van der Waals surface area (Å²) in [5, 5.41) is 6.22. The van der Waals surface area contributed by atoms with E-state index >= 15 is 0 Å². The zero-order valence-corrected chi connectivity index (χ0v) is 23.1. The Morgan fingerprint density at radius 3 is 2.20 bits per heavy atom. The molecular weight excluding hydrogens is 579 g/mol. The van der Waals surface area contributed by atoms with Crippen LogP contribution < -0.4 is 15.4 Å². The second-order valence-electron chi connectivity index (χ2n) is 8.60. The summed E-state index contributed by atoms with van der Waals surface area (Å²) in [7, 11) is 0. The van der Waals surface area contributed by atoms with Gasteiger partial charge >= 0.3 is 12.1 Å². The van der Waals surface area contributed by atoms with Crippen molar-refractivity contribution in [2.75, 3.05) is 11.9 Å². The normalized spacial score (nSPS) is 11.6. The fraction of sp³-hybridized carbons (Fsp3) is 0.138. The van der Waals surface area contributed by atoms with Gasteiger partial charge < -0.3 is 20.1 Å². The number of ether oxygens (including phenoxy) is 2. The second kappa shape index (κ2) is 13.3. The van der Waals surface area contributed by atoms with Gasteiger partial charge in [0.15, 0.2) is 0 Å². The van der Waals surface area contributed by atoms with Crippen molar-refractivity contribution in [3.05, 3.63) is 112 Å². The molecule has 41 heavy (non-hydrogen) atoms. The van der Waals surface area contributed by atoms with Gasteiger partial charge in [-0.1, -0.05) is 54.1 Å². The molecule has 0 saturated heterocycles. The molecule has 212 valence electrons. The predicted octanol–water partition coefficient (Wildman–Crippen LogP) is 7.23.